The third-order valence-electron chi connectivity index (χ3n) is 3.88. The van der Waals surface area contributed by atoms with Crippen LogP contribution in [0.15, 0.2) is 10.7 Å². The highest BCUT2D eigenvalue weighted by Crippen LogP contribution is 2.30. The molecule has 0 amide bonds. The molecule has 18 heavy (non-hydrogen) atoms. The summed E-state index contributed by atoms with van der Waals surface area (Å²) in [6.45, 7) is 5.07. The first-order chi connectivity index (χ1) is 8.85. The summed E-state index contributed by atoms with van der Waals surface area (Å²) in [4.78, 5) is 6.71. The standard InChI is InChI=1S/C14H22N2O2/c1-2-12-10-18-14(15-12)16-7-5-13(6-8-16)17-9-11-3-4-11/h10-11,13H,2-9H2,1H3. The van der Waals surface area contributed by atoms with E-state index in [4.69, 9.17) is 9.15 Å². The molecule has 1 aromatic rings. The first-order valence-corrected chi connectivity index (χ1v) is 7.16. The third-order valence-corrected chi connectivity index (χ3v) is 3.88. The van der Waals surface area contributed by atoms with Crippen LogP contribution in [0, 0.1) is 5.92 Å². The molecule has 0 bridgehead atoms. The molecule has 1 aromatic heterocycles. The van der Waals surface area contributed by atoms with Gasteiger partial charge in [0.15, 0.2) is 0 Å². The van der Waals surface area contributed by atoms with E-state index in [0.717, 1.165) is 56.6 Å². The predicted octanol–water partition coefficient (Wildman–Crippen LogP) is 2.63. The van der Waals surface area contributed by atoms with Crippen LogP contribution in [0.4, 0.5) is 6.01 Å². The van der Waals surface area contributed by atoms with Crippen LogP contribution in [0.25, 0.3) is 0 Å². The van der Waals surface area contributed by atoms with Gasteiger partial charge < -0.3 is 14.1 Å². The Bertz CT molecular complexity index is 379. The quantitative estimate of drug-likeness (QED) is 0.805. The molecular weight excluding hydrogens is 228 g/mol. The SMILES string of the molecule is CCc1coc(N2CCC(OCC3CC3)CC2)n1. The van der Waals surface area contributed by atoms with E-state index < -0.39 is 0 Å². The van der Waals surface area contributed by atoms with Gasteiger partial charge in [-0.25, -0.2) is 0 Å². The van der Waals surface area contributed by atoms with Crippen LogP contribution in [0.5, 0.6) is 0 Å². The zero-order valence-corrected chi connectivity index (χ0v) is 11.1. The van der Waals surface area contributed by atoms with Gasteiger partial charge in [0.1, 0.15) is 6.26 Å². The first-order valence-electron chi connectivity index (χ1n) is 7.16. The number of aryl methyl sites for hydroxylation is 1. The number of aromatic nitrogens is 1. The molecule has 0 spiro atoms. The fourth-order valence-electron chi connectivity index (χ4n) is 2.37. The van der Waals surface area contributed by atoms with Crippen molar-refractivity contribution < 1.29 is 9.15 Å². The summed E-state index contributed by atoms with van der Waals surface area (Å²) in [5, 5.41) is 0. The molecule has 0 atom stereocenters. The van der Waals surface area contributed by atoms with Gasteiger partial charge in [-0.15, -0.1) is 0 Å². The Morgan fingerprint density at radius 1 is 1.33 bits per heavy atom. The number of ether oxygens (including phenoxy) is 1. The van der Waals surface area contributed by atoms with Crippen molar-refractivity contribution in [1.29, 1.82) is 0 Å². The maximum absolute atomic E-state index is 5.94. The van der Waals surface area contributed by atoms with E-state index in [9.17, 15) is 0 Å². The van der Waals surface area contributed by atoms with Gasteiger partial charge in [0.2, 0.25) is 0 Å². The first kappa shape index (κ1) is 12.0. The Balaban J connectivity index is 1.46. The van der Waals surface area contributed by atoms with Crippen LogP contribution in [-0.4, -0.2) is 30.8 Å². The highest BCUT2D eigenvalue weighted by atomic mass is 16.5. The lowest BCUT2D eigenvalue weighted by molar-refractivity contribution is 0.0300. The molecule has 0 aromatic carbocycles. The van der Waals surface area contributed by atoms with E-state index in [1.807, 2.05) is 0 Å². The van der Waals surface area contributed by atoms with Crippen molar-refractivity contribution in [3.05, 3.63) is 12.0 Å². The fourth-order valence-corrected chi connectivity index (χ4v) is 2.37. The maximum Gasteiger partial charge on any atom is 0.297 e. The van der Waals surface area contributed by atoms with Crippen molar-refractivity contribution in [3.8, 4) is 0 Å². The topological polar surface area (TPSA) is 38.5 Å². The van der Waals surface area contributed by atoms with Gasteiger partial charge in [0, 0.05) is 19.7 Å². The lowest BCUT2D eigenvalue weighted by Crippen LogP contribution is -2.37. The molecule has 2 fully saturated rings. The minimum Gasteiger partial charge on any atom is -0.432 e. The van der Waals surface area contributed by atoms with Gasteiger partial charge >= 0.3 is 0 Å². The number of hydrogen-bond acceptors (Lipinski definition) is 4. The van der Waals surface area contributed by atoms with Gasteiger partial charge in [-0.1, -0.05) is 6.92 Å². The molecular formula is C14H22N2O2. The summed E-state index contributed by atoms with van der Waals surface area (Å²) < 4.78 is 11.5. The lowest BCUT2D eigenvalue weighted by Gasteiger charge is -2.30. The summed E-state index contributed by atoms with van der Waals surface area (Å²) in [5.74, 6) is 0.863. The average Bonchev–Trinajstić information content (AvgIpc) is 3.12. The Labute approximate surface area is 108 Å². The summed E-state index contributed by atoms with van der Waals surface area (Å²) in [5.41, 5.74) is 1.04. The average molecular weight is 250 g/mol. The highest BCUT2D eigenvalue weighted by molar-refractivity contribution is 5.27. The molecule has 100 valence electrons. The molecule has 1 saturated carbocycles. The van der Waals surface area contributed by atoms with E-state index in [1.165, 1.54) is 12.8 Å². The largest absolute Gasteiger partial charge is 0.432 e. The minimum atomic E-state index is 0.447. The van der Waals surface area contributed by atoms with Crippen LogP contribution < -0.4 is 4.90 Å². The van der Waals surface area contributed by atoms with Crippen LogP contribution in [0.2, 0.25) is 0 Å². The summed E-state index contributed by atoms with van der Waals surface area (Å²) in [6, 6.07) is 0.785. The van der Waals surface area contributed by atoms with Crippen molar-refractivity contribution in [3.63, 3.8) is 0 Å². The summed E-state index contributed by atoms with van der Waals surface area (Å²) in [7, 11) is 0. The monoisotopic (exact) mass is 250 g/mol. The number of anilines is 1. The summed E-state index contributed by atoms with van der Waals surface area (Å²) >= 11 is 0. The molecule has 2 aliphatic rings. The number of piperidine rings is 1. The number of hydrogen-bond donors (Lipinski definition) is 0. The second kappa shape index (κ2) is 5.31. The second-order valence-electron chi connectivity index (χ2n) is 5.44. The van der Waals surface area contributed by atoms with Crippen LogP contribution in [0.1, 0.15) is 38.3 Å². The van der Waals surface area contributed by atoms with Gasteiger partial charge in [-0.2, -0.15) is 4.98 Å². The Kier molecular flexibility index (Phi) is 3.55. The van der Waals surface area contributed by atoms with E-state index in [2.05, 4.69) is 16.8 Å². The molecule has 0 unspecified atom stereocenters. The van der Waals surface area contributed by atoms with Gasteiger partial charge in [0.05, 0.1) is 11.8 Å². The normalized spacial score (nSPS) is 21.5. The van der Waals surface area contributed by atoms with Gasteiger partial charge in [-0.3, -0.25) is 0 Å². The molecule has 4 heteroatoms. The van der Waals surface area contributed by atoms with E-state index in [1.54, 1.807) is 6.26 Å². The van der Waals surface area contributed by atoms with Crippen molar-refractivity contribution in [1.82, 2.24) is 4.98 Å². The Morgan fingerprint density at radius 2 is 2.11 bits per heavy atom. The van der Waals surface area contributed by atoms with E-state index >= 15 is 0 Å². The molecule has 1 saturated heterocycles. The van der Waals surface area contributed by atoms with Crippen molar-refractivity contribution in [2.24, 2.45) is 5.92 Å². The number of oxazole rings is 1. The molecule has 1 aliphatic carbocycles. The Hall–Kier alpha value is -1.03. The number of nitrogens with zero attached hydrogens (tertiary/aromatic N) is 2. The molecule has 3 rings (SSSR count). The third kappa shape index (κ3) is 2.86. The number of rotatable bonds is 5. The van der Waals surface area contributed by atoms with E-state index in [-0.39, 0.29) is 0 Å². The van der Waals surface area contributed by atoms with Crippen molar-refractivity contribution in [2.45, 2.75) is 45.1 Å². The molecule has 0 radical (unpaired) electrons. The van der Waals surface area contributed by atoms with Crippen molar-refractivity contribution >= 4 is 6.01 Å². The smallest absolute Gasteiger partial charge is 0.297 e. The fraction of sp³-hybridized carbons (Fsp3) is 0.786. The molecule has 2 heterocycles. The Morgan fingerprint density at radius 3 is 2.72 bits per heavy atom. The zero-order valence-electron chi connectivity index (χ0n) is 11.1. The lowest BCUT2D eigenvalue weighted by atomic mass is 10.1. The van der Waals surface area contributed by atoms with Crippen LogP contribution in [-0.2, 0) is 11.2 Å². The predicted molar refractivity (Wildman–Crippen MR) is 69.8 cm³/mol. The van der Waals surface area contributed by atoms with Crippen LogP contribution in [0.3, 0.4) is 0 Å². The maximum atomic E-state index is 5.94. The molecule has 0 N–H and O–H groups in total. The van der Waals surface area contributed by atoms with Gasteiger partial charge in [-0.05, 0) is 38.0 Å². The van der Waals surface area contributed by atoms with Gasteiger partial charge in [0.25, 0.3) is 6.01 Å². The van der Waals surface area contributed by atoms with Crippen molar-refractivity contribution in [2.75, 3.05) is 24.6 Å². The molecule has 4 nitrogen and oxygen atoms in total. The zero-order chi connectivity index (χ0) is 12.4. The minimum absolute atomic E-state index is 0.447. The summed E-state index contributed by atoms with van der Waals surface area (Å²) in [6.07, 6.45) is 8.08. The van der Waals surface area contributed by atoms with Crippen LogP contribution >= 0.6 is 0 Å². The molecule has 1 aliphatic heterocycles. The second-order valence-corrected chi connectivity index (χ2v) is 5.44. The van der Waals surface area contributed by atoms with E-state index in [0.29, 0.717) is 6.10 Å². The highest BCUT2D eigenvalue weighted by Gasteiger charge is 2.26.